The number of amides is 2. The van der Waals surface area contributed by atoms with Crippen molar-refractivity contribution in [3.63, 3.8) is 0 Å². The maximum atomic E-state index is 11.9. The van der Waals surface area contributed by atoms with Crippen LogP contribution in [-0.2, 0) is 16.0 Å². The molecule has 0 heterocycles. The van der Waals surface area contributed by atoms with Crippen molar-refractivity contribution in [2.45, 2.75) is 26.7 Å². The Bertz CT molecular complexity index is 446. The molecule has 1 aromatic rings. The highest BCUT2D eigenvalue weighted by Gasteiger charge is 2.12. The SMILES string of the molecule is CC(=O)NCCCNC(=O)C(C)Cc1ccc(Cl)cc1. The first kappa shape index (κ1) is 16.5. The molecule has 0 bridgehead atoms. The molecule has 4 nitrogen and oxygen atoms in total. The van der Waals surface area contributed by atoms with Gasteiger partial charge >= 0.3 is 0 Å². The van der Waals surface area contributed by atoms with E-state index in [1.165, 1.54) is 6.92 Å². The third-order valence-electron chi connectivity index (χ3n) is 2.93. The van der Waals surface area contributed by atoms with Gasteiger partial charge in [-0.1, -0.05) is 30.7 Å². The molecule has 0 aromatic heterocycles. The van der Waals surface area contributed by atoms with Crippen molar-refractivity contribution in [3.8, 4) is 0 Å². The zero-order valence-electron chi connectivity index (χ0n) is 11.9. The van der Waals surface area contributed by atoms with Crippen LogP contribution in [0.4, 0.5) is 0 Å². The minimum Gasteiger partial charge on any atom is -0.356 e. The van der Waals surface area contributed by atoms with Crippen molar-refractivity contribution < 1.29 is 9.59 Å². The largest absolute Gasteiger partial charge is 0.356 e. The van der Waals surface area contributed by atoms with Crippen molar-refractivity contribution in [2.75, 3.05) is 13.1 Å². The number of halogens is 1. The summed E-state index contributed by atoms with van der Waals surface area (Å²) >= 11 is 5.82. The molecule has 1 aromatic carbocycles. The maximum Gasteiger partial charge on any atom is 0.223 e. The molecule has 0 aliphatic heterocycles. The fraction of sp³-hybridized carbons (Fsp3) is 0.467. The number of carbonyl (C=O) groups excluding carboxylic acids is 2. The number of rotatable bonds is 7. The molecule has 2 N–H and O–H groups in total. The Morgan fingerprint density at radius 2 is 1.75 bits per heavy atom. The highest BCUT2D eigenvalue weighted by atomic mass is 35.5. The minimum atomic E-state index is -0.0862. The van der Waals surface area contributed by atoms with Crippen LogP contribution in [-0.4, -0.2) is 24.9 Å². The van der Waals surface area contributed by atoms with Gasteiger partial charge in [0.05, 0.1) is 0 Å². The van der Waals surface area contributed by atoms with Crippen LogP contribution in [0.5, 0.6) is 0 Å². The molecule has 0 aliphatic rings. The Labute approximate surface area is 124 Å². The van der Waals surface area contributed by atoms with Crippen molar-refractivity contribution in [3.05, 3.63) is 34.9 Å². The monoisotopic (exact) mass is 296 g/mol. The molecular weight excluding hydrogens is 276 g/mol. The zero-order valence-corrected chi connectivity index (χ0v) is 12.7. The smallest absolute Gasteiger partial charge is 0.223 e. The van der Waals surface area contributed by atoms with Gasteiger partial charge in [0.2, 0.25) is 11.8 Å². The van der Waals surface area contributed by atoms with Gasteiger partial charge in [0.1, 0.15) is 0 Å². The van der Waals surface area contributed by atoms with Crippen molar-refractivity contribution in [1.29, 1.82) is 0 Å². The van der Waals surface area contributed by atoms with Crippen LogP contribution in [0.2, 0.25) is 5.02 Å². The van der Waals surface area contributed by atoms with Gasteiger partial charge in [-0.25, -0.2) is 0 Å². The average molecular weight is 297 g/mol. The van der Waals surface area contributed by atoms with Crippen LogP contribution < -0.4 is 10.6 Å². The Balaban J connectivity index is 2.25. The van der Waals surface area contributed by atoms with Gasteiger partial charge in [-0.3, -0.25) is 9.59 Å². The summed E-state index contributed by atoms with van der Waals surface area (Å²) < 4.78 is 0. The average Bonchev–Trinajstić information content (AvgIpc) is 2.40. The molecule has 5 heteroatoms. The van der Waals surface area contributed by atoms with E-state index < -0.39 is 0 Å². The first-order valence-electron chi connectivity index (χ1n) is 6.75. The molecule has 0 spiro atoms. The molecular formula is C15H21ClN2O2. The van der Waals surface area contributed by atoms with Gasteiger partial charge in [-0.15, -0.1) is 0 Å². The molecule has 0 aliphatic carbocycles. The predicted octanol–water partition coefficient (Wildman–Crippen LogP) is 2.16. The molecule has 0 saturated heterocycles. The quantitative estimate of drug-likeness (QED) is 0.758. The van der Waals surface area contributed by atoms with Crippen LogP contribution in [0.25, 0.3) is 0 Å². The first-order chi connectivity index (χ1) is 9.49. The number of benzene rings is 1. The third-order valence-corrected chi connectivity index (χ3v) is 3.18. The lowest BCUT2D eigenvalue weighted by atomic mass is 10.0. The summed E-state index contributed by atoms with van der Waals surface area (Å²) in [7, 11) is 0. The molecule has 20 heavy (non-hydrogen) atoms. The maximum absolute atomic E-state index is 11.9. The van der Waals surface area contributed by atoms with E-state index >= 15 is 0 Å². The molecule has 1 unspecified atom stereocenters. The van der Waals surface area contributed by atoms with Gasteiger partial charge < -0.3 is 10.6 Å². The van der Waals surface area contributed by atoms with Gasteiger partial charge in [-0.2, -0.15) is 0 Å². The van der Waals surface area contributed by atoms with Gasteiger partial charge in [-0.05, 0) is 30.5 Å². The second-order valence-electron chi connectivity index (χ2n) is 4.86. The predicted molar refractivity (Wildman–Crippen MR) is 80.6 cm³/mol. The summed E-state index contributed by atoms with van der Waals surface area (Å²) in [4.78, 5) is 22.6. The number of carbonyl (C=O) groups is 2. The minimum absolute atomic E-state index is 0.0303. The van der Waals surface area contributed by atoms with E-state index in [-0.39, 0.29) is 17.7 Å². The highest BCUT2D eigenvalue weighted by Crippen LogP contribution is 2.13. The van der Waals surface area contributed by atoms with E-state index in [1.54, 1.807) is 0 Å². The standard InChI is InChI=1S/C15H21ClN2O2/c1-11(10-13-4-6-14(16)7-5-13)15(20)18-9-3-8-17-12(2)19/h4-7,11H,3,8-10H2,1-2H3,(H,17,19)(H,18,20). The van der Waals surface area contributed by atoms with Crippen molar-refractivity contribution in [1.82, 2.24) is 10.6 Å². The molecule has 1 rings (SSSR count). The van der Waals surface area contributed by atoms with Gasteiger partial charge in [0, 0.05) is 31.0 Å². The van der Waals surface area contributed by atoms with Crippen LogP contribution in [0.3, 0.4) is 0 Å². The summed E-state index contributed by atoms with van der Waals surface area (Å²) in [6.45, 7) is 4.54. The molecule has 2 amide bonds. The fourth-order valence-electron chi connectivity index (χ4n) is 1.81. The van der Waals surface area contributed by atoms with E-state index in [9.17, 15) is 9.59 Å². The normalized spacial score (nSPS) is 11.8. The van der Waals surface area contributed by atoms with Crippen molar-refractivity contribution in [2.24, 2.45) is 5.92 Å². The lowest BCUT2D eigenvalue weighted by Crippen LogP contribution is -2.33. The Hall–Kier alpha value is -1.55. The van der Waals surface area contributed by atoms with E-state index in [1.807, 2.05) is 31.2 Å². The zero-order chi connectivity index (χ0) is 15.0. The highest BCUT2D eigenvalue weighted by molar-refractivity contribution is 6.30. The van der Waals surface area contributed by atoms with Crippen LogP contribution in [0, 0.1) is 5.92 Å². The Morgan fingerprint density at radius 1 is 1.15 bits per heavy atom. The number of hydrogen-bond acceptors (Lipinski definition) is 2. The van der Waals surface area contributed by atoms with E-state index in [0.29, 0.717) is 24.5 Å². The van der Waals surface area contributed by atoms with Gasteiger partial charge in [0.15, 0.2) is 0 Å². The van der Waals surface area contributed by atoms with Gasteiger partial charge in [0.25, 0.3) is 0 Å². The van der Waals surface area contributed by atoms with Crippen LogP contribution in [0.15, 0.2) is 24.3 Å². The van der Waals surface area contributed by atoms with Crippen LogP contribution in [0.1, 0.15) is 25.8 Å². The molecule has 0 saturated carbocycles. The van der Waals surface area contributed by atoms with Crippen LogP contribution >= 0.6 is 11.6 Å². The summed E-state index contributed by atoms with van der Waals surface area (Å²) in [5, 5.41) is 6.26. The van der Waals surface area contributed by atoms with E-state index in [4.69, 9.17) is 11.6 Å². The Kier molecular flexibility index (Phi) is 7.09. The molecule has 1 atom stereocenters. The molecule has 0 radical (unpaired) electrons. The lowest BCUT2D eigenvalue weighted by Gasteiger charge is -2.12. The van der Waals surface area contributed by atoms with E-state index in [0.717, 1.165) is 12.0 Å². The fourth-order valence-corrected chi connectivity index (χ4v) is 1.93. The van der Waals surface area contributed by atoms with Crippen molar-refractivity contribution >= 4 is 23.4 Å². The Morgan fingerprint density at radius 3 is 2.35 bits per heavy atom. The molecule has 110 valence electrons. The summed E-state index contributed by atoms with van der Waals surface area (Å²) in [6, 6.07) is 7.52. The van der Waals surface area contributed by atoms with E-state index in [2.05, 4.69) is 10.6 Å². The second-order valence-corrected chi connectivity index (χ2v) is 5.30. The lowest BCUT2D eigenvalue weighted by molar-refractivity contribution is -0.124. The topological polar surface area (TPSA) is 58.2 Å². The number of hydrogen-bond donors (Lipinski definition) is 2. The molecule has 0 fully saturated rings. The summed E-state index contributed by atoms with van der Waals surface area (Å²) in [5.74, 6) is -0.104. The second kappa shape index (κ2) is 8.59. The third kappa shape index (κ3) is 6.57. The summed E-state index contributed by atoms with van der Waals surface area (Å²) in [6.07, 6.45) is 1.42. The summed E-state index contributed by atoms with van der Waals surface area (Å²) in [5.41, 5.74) is 1.09. The number of nitrogens with one attached hydrogen (secondary N) is 2. The first-order valence-corrected chi connectivity index (χ1v) is 7.13.